The molecule has 0 unspecified atom stereocenters. The minimum absolute atomic E-state index is 0.365. The Kier molecular flexibility index (Phi) is 4.20. The number of methoxy groups -OCH3 is 1. The highest BCUT2D eigenvalue weighted by molar-refractivity contribution is 5.95. The van der Waals surface area contributed by atoms with Crippen molar-refractivity contribution in [2.75, 3.05) is 32.5 Å². The summed E-state index contributed by atoms with van der Waals surface area (Å²) in [6, 6.07) is 5.61. The van der Waals surface area contributed by atoms with Crippen LogP contribution < -0.4 is 5.73 Å². The van der Waals surface area contributed by atoms with E-state index in [1.54, 1.807) is 6.07 Å². The minimum Gasteiger partial charge on any atom is -0.465 e. The number of nitrogens with zero attached hydrogens (tertiary/aromatic N) is 1. The molecule has 1 aliphatic rings. The van der Waals surface area contributed by atoms with Gasteiger partial charge in [0.15, 0.2) is 0 Å². The fourth-order valence-electron chi connectivity index (χ4n) is 2.34. The van der Waals surface area contributed by atoms with Gasteiger partial charge in [-0.05, 0) is 50.0 Å². The Bertz CT molecular complexity index is 426. The Hall–Kier alpha value is -1.55. The van der Waals surface area contributed by atoms with Crippen molar-refractivity contribution in [2.24, 2.45) is 0 Å². The van der Waals surface area contributed by atoms with Crippen molar-refractivity contribution in [1.29, 1.82) is 0 Å². The number of anilines is 1. The summed E-state index contributed by atoms with van der Waals surface area (Å²) in [5.41, 5.74) is 7.86. The molecule has 0 atom stereocenters. The maximum absolute atomic E-state index is 11.5. The van der Waals surface area contributed by atoms with Gasteiger partial charge in [-0.15, -0.1) is 0 Å². The number of benzene rings is 1. The van der Waals surface area contributed by atoms with E-state index in [0.717, 1.165) is 18.5 Å². The van der Waals surface area contributed by atoms with E-state index in [2.05, 4.69) is 4.90 Å². The van der Waals surface area contributed by atoms with E-state index in [1.165, 1.54) is 33.0 Å². The van der Waals surface area contributed by atoms with E-state index >= 15 is 0 Å². The molecule has 0 radical (unpaired) electrons. The first-order chi connectivity index (χ1) is 8.70. The molecule has 1 aromatic rings. The molecule has 1 heterocycles. The molecule has 98 valence electrons. The molecule has 2 N–H and O–H groups in total. The third-order valence-corrected chi connectivity index (χ3v) is 3.44. The molecule has 0 amide bonds. The van der Waals surface area contributed by atoms with Crippen LogP contribution in [0, 0.1) is 0 Å². The van der Waals surface area contributed by atoms with E-state index in [0.29, 0.717) is 11.3 Å². The second-order valence-electron chi connectivity index (χ2n) is 4.71. The van der Waals surface area contributed by atoms with Crippen molar-refractivity contribution >= 4 is 11.7 Å². The van der Waals surface area contributed by atoms with E-state index < -0.39 is 0 Å². The number of carbonyl (C=O) groups excluding carboxylic acids is 1. The Morgan fingerprint density at radius 2 is 2.11 bits per heavy atom. The summed E-state index contributed by atoms with van der Waals surface area (Å²) in [4.78, 5) is 14.0. The summed E-state index contributed by atoms with van der Waals surface area (Å²) < 4.78 is 4.72. The Morgan fingerprint density at radius 3 is 2.78 bits per heavy atom. The number of rotatable bonds is 4. The quantitative estimate of drug-likeness (QED) is 0.651. The fourth-order valence-corrected chi connectivity index (χ4v) is 2.34. The molecule has 2 rings (SSSR count). The van der Waals surface area contributed by atoms with Gasteiger partial charge in [0.25, 0.3) is 0 Å². The van der Waals surface area contributed by atoms with Crippen LogP contribution >= 0.6 is 0 Å². The lowest BCUT2D eigenvalue weighted by Crippen LogP contribution is -2.22. The lowest BCUT2D eigenvalue weighted by Gasteiger charge is -2.14. The van der Waals surface area contributed by atoms with Gasteiger partial charge in [0.05, 0.1) is 12.7 Å². The lowest BCUT2D eigenvalue weighted by atomic mass is 10.1. The molecule has 0 aliphatic carbocycles. The van der Waals surface area contributed by atoms with Gasteiger partial charge in [-0.3, -0.25) is 0 Å². The minimum atomic E-state index is -0.365. The van der Waals surface area contributed by atoms with Gasteiger partial charge in [-0.25, -0.2) is 4.79 Å². The number of esters is 1. The molecule has 1 fully saturated rings. The topological polar surface area (TPSA) is 55.6 Å². The van der Waals surface area contributed by atoms with Gasteiger partial charge in [0, 0.05) is 12.2 Å². The van der Waals surface area contributed by atoms with Crippen LogP contribution in [-0.4, -0.2) is 37.6 Å². The highest BCUT2D eigenvalue weighted by Gasteiger charge is 2.13. The van der Waals surface area contributed by atoms with Gasteiger partial charge in [-0.1, -0.05) is 6.07 Å². The first-order valence-electron chi connectivity index (χ1n) is 6.40. The lowest BCUT2D eigenvalue weighted by molar-refractivity contribution is 0.0602. The zero-order chi connectivity index (χ0) is 13.0. The molecule has 1 aliphatic heterocycles. The molecule has 4 nitrogen and oxygen atoms in total. The van der Waals surface area contributed by atoms with Crippen molar-refractivity contribution in [2.45, 2.75) is 19.3 Å². The van der Waals surface area contributed by atoms with Crippen molar-refractivity contribution < 1.29 is 9.53 Å². The van der Waals surface area contributed by atoms with E-state index in [4.69, 9.17) is 10.5 Å². The van der Waals surface area contributed by atoms with Crippen LogP contribution in [-0.2, 0) is 11.2 Å². The Balaban J connectivity index is 2.02. The van der Waals surface area contributed by atoms with Crippen molar-refractivity contribution in [1.82, 2.24) is 4.90 Å². The van der Waals surface area contributed by atoms with E-state index in [1.807, 2.05) is 12.1 Å². The zero-order valence-corrected chi connectivity index (χ0v) is 10.8. The number of likely N-dealkylation sites (tertiary alicyclic amines) is 1. The third kappa shape index (κ3) is 3.01. The number of carbonyl (C=O) groups is 1. The molecular formula is C14H20N2O2. The molecule has 1 aromatic carbocycles. The predicted molar refractivity (Wildman–Crippen MR) is 71.6 cm³/mol. The fraction of sp³-hybridized carbons (Fsp3) is 0.500. The van der Waals surface area contributed by atoms with Crippen LogP contribution in [0.4, 0.5) is 5.69 Å². The van der Waals surface area contributed by atoms with Gasteiger partial charge in [0.1, 0.15) is 0 Å². The van der Waals surface area contributed by atoms with Gasteiger partial charge in [0.2, 0.25) is 0 Å². The predicted octanol–water partition coefficient (Wildman–Crippen LogP) is 1.69. The van der Waals surface area contributed by atoms with Crippen LogP contribution in [0.3, 0.4) is 0 Å². The molecule has 0 spiro atoms. The van der Waals surface area contributed by atoms with Crippen molar-refractivity contribution in [3.05, 3.63) is 29.3 Å². The molecular weight excluding hydrogens is 228 g/mol. The molecule has 0 aromatic heterocycles. The standard InChI is InChI=1S/C14H20N2O2/c1-18-14(17)12-10-11(4-5-13(12)15)6-9-16-7-2-3-8-16/h4-5,10H,2-3,6-9,15H2,1H3. The van der Waals surface area contributed by atoms with Crippen LogP contribution in [0.2, 0.25) is 0 Å². The second-order valence-corrected chi connectivity index (χ2v) is 4.71. The van der Waals surface area contributed by atoms with E-state index in [9.17, 15) is 4.79 Å². The first kappa shape index (κ1) is 12.9. The number of hydrogen-bond donors (Lipinski definition) is 1. The first-order valence-corrected chi connectivity index (χ1v) is 6.40. The highest BCUT2D eigenvalue weighted by Crippen LogP contribution is 2.16. The monoisotopic (exact) mass is 248 g/mol. The largest absolute Gasteiger partial charge is 0.465 e. The molecule has 1 saturated heterocycles. The van der Waals surface area contributed by atoms with Gasteiger partial charge >= 0.3 is 5.97 Å². The smallest absolute Gasteiger partial charge is 0.339 e. The molecule has 0 bridgehead atoms. The SMILES string of the molecule is COC(=O)c1cc(CCN2CCCC2)ccc1N. The summed E-state index contributed by atoms with van der Waals surface area (Å²) >= 11 is 0. The van der Waals surface area contributed by atoms with Crippen molar-refractivity contribution in [3.8, 4) is 0 Å². The van der Waals surface area contributed by atoms with Gasteiger partial charge in [-0.2, -0.15) is 0 Å². The average molecular weight is 248 g/mol. The van der Waals surface area contributed by atoms with Crippen molar-refractivity contribution in [3.63, 3.8) is 0 Å². The average Bonchev–Trinajstić information content (AvgIpc) is 2.90. The van der Waals surface area contributed by atoms with E-state index in [-0.39, 0.29) is 5.97 Å². The summed E-state index contributed by atoms with van der Waals surface area (Å²) in [5, 5.41) is 0. The number of nitrogens with two attached hydrogens (primary N) is 1. The summed E-state index contributed by atoms with van der Waals surface area (Å²) in [6.07, 6.45) is 3.55. The normalized spacial score (nSPS) is 15.8. The van der Waals surface area contributed by atoms with Crippen LogP contribution in [0.15, 0.2) is 18.2 Å². The van der Waals surface area contributed by atoms with Crippen LogP contribution in [0.5, 0.6) is 0 Å². The van der Waals surface area contributed by atoms with Crippen LogP contribution in [0.25, 0.3) is 0 Å². The molecule has 4 heteroatoms. The van der Waals surface area contributed by atoms with Gasteiger partial charge < -0.3 is 15.4 Å². The summed E-state index contributed by atoms with van der Waals surface area (Å²) in [5.74, 6) is -0.365. The maximum Gasteiger partial charge on any atom is 0.339 e. The molecule has 18 heavy (non-hydrogen) atoms. The molecule has 0 saturated carbocycles. The summed E-state index contributed by atoms with van der Waals surface area (Å²) in [6.45, 7) is 3.43. The Labute approximate surface area is 108 Å². The highest BCUT2D eigenvalue weighted by atomic mass is 16.5. The number of hydrogen-bond acceptors (Lipinski definition) is 4. The second kappa shape index (κ2) is 5.87. The Morgan fingerprint density at radius 1 is 1.39 bits per heavy atom. The third-order valence-electron chi connectivity index (χ3n) is 3.44. The zero-order valence-electron chi connectivity index (χ0n) is 10.8. The van der Waals surface area contributed by atoms with Crippen LogP contribution in [0.1, 0.15) is 28.8 Å². The number of nitrogen functional groups attached to an aromatic ring is 1. The number of ether oxygens (including phenoxy) is 1. The maximum atomic E-state index is 11.5. The summed E-state index contributed by atoms with van der Waals surface area (Å²) in [7, 11) is 1.37.